The number of hydrogen-bond acceptors (Lipinski definition) is 6. The van der Waals surface area contributed by atoms with E-state index in [2.05, 4.69) is 10.3 Å². The van der Waals surface area contributed by atoms with E-state index >= 15 is 0 Å². The first-order valence-corrected chi connectivity index (χ1v) is 13.0. The Hall–Kier alpha value is -2.71. The van der Waals surface area contributed by atoms with E-state index in [1.807, 2.05) is 44.2 Å². The summed E-state index contributed by atoms with van der Waals surface area (Å²) in [4.78, 5) is 44.2. The van der Waals surface area contributed by atoms with Crippen molar-refractivity contribution in [1.82, 2.24) is 4.98 Å². The van der Waals surface area contributed by atoms with Crippen LogP contribution in [0.3, 0.4) is 0 Å². The topological polar surface area (TPSA) is 79.4 Å². The van der Waals surface area contributed by atoms with Crippen LogP contribution in [0.5, 0.6) is 0 Å². The molecule has 1 aliphatic heterocycles. The fraction of sp³-hybridized carbons (Fsp3) is 0.360. The summed E-state index contributed by atoms with van der Waals surface area (Å²) in [6.45, 7) is 4.00. The van der Waals surface area contributed by atoms with Crippen LogP contribution >= 0.6 is 23.1 Å². The molecule has 5 rings (SSSR count). The average molecular weight is 480 g/mol. The van der Waals surface area contributed by atoms with Gasteiger partial charge in [0.2, 0.25) is 17.7 Å². The third-order valence-corrected chi connectivity index (χ3v) is 8.60. The van der Waals surface area contributed by atoms with Crippen molar-refractivity contribution in [2.24, 2.45) is 11.8 Å². The van der Waals surface area contributed by atoms with Crippen LogP contribution in [0, 0.1) is 25.7 Å². The van der Waals surface area contributed by atoms with Gasteiger partial charge in [-0.3, -0.25) is 19.3 Å². The molecule has 0 unspecified atom stereocenters. The molecule has 2 aliphatic rings. The molecular formula is C25H25N3O3S2. The Bertz CT molecular complexity index is 1250. The highest BCUT2D eigenvalue weighted by Gasteiger charge is 2.48. The first-order chi connectivity index (χ1) is 15.9. The number of benzene rings is 2. The van der Waals surface area contributed by atoms with Crippen molar-refractivity contribution in [1.29, 1.82) is 0 Å². The number of fused-ring (bicyclic) bond motifs is 2. The van der Waals surface area contributed by atoms with E-state index in [4.69, 9.17) is 0 Å². The molecule has 1 saturated heterocycles. The predicted octanol–water partition coefficient (Wildman–Crippen LogP) is 5.32. The molecule has 1 aromatic heterocycles. The Kier molecular flexibility index (Phi) is 5.97. The number of nitrogens with one attached hydrogen (secondary N) is 1. The number of nitrogens with zero attached hydrogens (tertiary/aromatic N) is 2. The van der Waals surface area contributed by atoms with Crippen LogP contribution < -0.4 is 10.2 Å². The minimum Gasteiger partial charge on any atom is -0.325 e. The highest BCUT2D eigenvalue weighted by molar-refractivity contribution is 8.01. The Morgan fingerprint density at radius 3 is 2.52 bits per heavy atom. The van der Waals surface area contributed by atoms with Crippen LogP contribution in [-0.4, -0.2) is 28.5 Å². The van der Waals surface area contributed by atoms with Gasteiger partial charge in [0.25, 0.3) is 0 Å². The third kappa shape index (κ3) is 4.29. The number of hydrogen-bond donors (Lipinski definition) is 1. The lowest BCUT2D eigenvalue weighted by Gasteiger charge is -2.19. The Labute approximate surface area is 200 Å². The molecule has 0 spiro atoms. The fourth-order valence-corrected chi connectivity index (χ4v) is 6.68. The van der Waals surface area contributed by atoms with Gasteiger partial charge in [0.15, 0.2) is 4.34 Å². The van der Waals surface area contributed by atoms with Crippen LogP contribution in [0.2, 0.25) is 0 Å². The molecule has 1 N–H and O–H groups in total. The number of amides is 3. The van der Waals surface area contributed by atoms with Gasteiger partial charge in [-0.05, 0) is 56.5 Å². The van der Waals surface area contributed by atoms with Crippen molar-refractivity contribution in [2.75, 3.05) is 16.0 Å². The molecule has 2 atom stereocenters. The number of carbonyl (C=O) groups excluding carboxylic acids is 3. The number of anilines is 2. The minimum absolute atomic E-state index is 0.0637. The molecular weight excluding hydrogens is 454 g/mol. The van der Waals surface area contributed by atoms with E-state index in [9.17, 15) is 14.4 Å². The minimum atomic E-state index is -0.162. The van der Waals surface area contributed by atoms with Crippen molar-refractivity contribution >= 4 is 62.4 Å². The number of aromatic nitrogens is 1. The second-order valence-corrected chi connectivity index (χ2v) is 11.0. The fourth-order valence-electron chi connectivity index (χ4n) is 4.78. The van der Waals surface area contributed by atoms with Crippen LogP contribution in [0.1, 0.15) is 36.8 Å². The standard InChI is InChI=1S/C25H25N3O3S2/c1-14-7-9-19(15(2)11-14)26-22(29)13-32-25-27-20-10-8-16(12-21(20)33-25)28-23(30)17-5-3-4-6-18(17)24(28)31/h7-12,17-18H,3-6,13H2,1-2H3,(H,26,29)/t17-,18+. The van der Waals surface area contributed by atoms with E-state index in [0.717, 1.165) is 57.1 Å². The molecule has 3 amide bonds. The van der Waals surface area contributed by atoms with Gasteiger partial charge in [-0.15, -0.1) is 11.3 Å². The molecule has 2 fully saturated rings. The lowest BCUT2D eigenvalue weighted by atomic mass is 9.81. The van der Waals surface area contributed by atoms with Gasteiger partial charge < -0.3 is 5.32 Å². The zero-order valence-corrected chi connectivity index (χ0v) is 20.2. The SMILES string of the molecule is Cc1ccc(NC(=O)CSc2nc3ccc(N4C(=O)[C@H]5CCCC[C@H]5C4=O)cc3s2)c(C)c1. The summed E-state index contributed by atoms with van der Waals surface area (Å²) in [5, 5.41) is 2.96. The lowest BCUT2D eigenvalue weighted by Crippen LogP contribution is -2.30. The maximum Gasteiger partial charge on any atom is 0.237 e. The summed E-state index contributed by atoms with van der Waals surface area (Å²) in [5.41, 5.74) is 4.44. The van der Waals surface area contributed by atoms with Gasteiger partial charge in [0, 0.05) is 5.69 Å². The number of thiazole rings is 1. The molecule has 8 heteroatoms. The largest absolute Gasteiger partial charge is 0.325 e. The number of rotatable bonds is 5. The molecule has 1 aliphatic carbocycles. The average Bonchev–Trinajstić information content (AvgIpc) is 3.32. The molecule has 3 aromatic rings. The first-order valence-electron chi connectivity index (χ1n) is 11.2. The maximum atomic E-state index is 12.9. The Morgan fingerprint density at radius 2 is 1.82 bits per heavy atom. The van der Waals surface area contributed by atoms with E-state index < -0.39 is 0 Å². The summed E-state index contributed by atoms with van der Waals surface area (Å²) < 4.78 is 1.69. The van der Waals surface area contributed by atoms with Crippen LogP contribution in [0.4, 0.5) is 11.4 Å². The number of thioether (sulfide) groups is 1. The third-order valence-electron chi connectivity index (χ3n) is 6.43. The van der Waals surface area contributed by atoms with Gasteiger partial charge in [0.1, 0.15) is 0 Å². The van der Waals surface area contributed by atoms with Crippen molar-refractivity contribution < 1.29 is 14.4 Å². The second kappa shape index (κ2) is 8.91. The van der Waals surface area contributed by atoms with Crippen LogP contribution in [-0.2, 0) is 14.4 Å². The molecule has 6 nitrogen and oxygen atoms in total. The van der Waals surface area contributed by atoms with E-state index in [0.29, 0.717) is 5.69 Å². The smallest absolute Gasteiger partial charge is 0.237 e. The summed E-state index contributed by atoms with van der Waals surface area (Å²) in [6.07, 6.45) is 3.64. The van der Waals surface area contributed by atoms with Crippen molar-refractivity contribution in [3.8, 4) is 0 Å². The highest BCUT2D eigenvalue weighted by Crippen LogP contribution is 2.41. The molecule has 0 bridgehead atoms. The predicted molar refractivity (Wildman–Crippen MR) is 133 cm³/mol. The number of aryl methyl sites for hydroxylation is 2. The van der Waals surface area contributed by atoms with E-state index in [1.54, 1.807) is 6.07 Å². The normalized spacial score (nSPS) is 20.4. The first kappa shape index (κ1) is 22.1. The van der Waals surface area contributed by atoms with Crippen molar-refractivity contribution in [2.45, 2.75) is 43.9 Å². The quantitative estimate of drug-likeness (QED) is 0.396. The molecule has 0 radical (unpaired) electrons. The summed E-state index contributed by atoms with van der Waals surface area (Å²) in [7, 11) is 0. The van der Waals surface area contributed by atoms with Gasteiger partial charge in [0.05, 0.1) is 33.5 Å². The summed E-state index contributed by atoms with van der Waals surface area (Å²) in [6, 6.07) is 11.5. The van der Waals surface area contributed by atoms with Gasteiger partial charge >= 0.3 is 0 Å². The molecule has 1 saturated carbocycles. The van der Waals surface area contributed by atoms with Gasteiger partial charge in [-0.2, -0.15) is 0 Å². The van der Waals surface area contributed by atoms with Crippen molar-refractivity contribution in [3.05, 3.63) is 47.5 Å². The molecule has 2 aromatic carbocycles. The van der Waals surface area contributed by atoms with Crippen molar-refractivity contribution in [3.63, 3.8) is 0 Å². The number of imide groups is 1. The van der Waals surface area contributed by atoms with Crippen LogP contribution in [0.25, 0.3) is 10.2 Å². The molecule has 170 valence electrons. The zero-order valence-electron chi connectivity index (χ0n) is 18.6. The monoisotopic (exact) mass is 479 g/mol. The molecule has 33 heavy (non-hydrogen) atoms. The lowest BCUT2D eigenvalue weighted by molar-refractivity contribution is -0.122. The summed E-state index contributed by atoms with van der Waals surface area (Å²) in [5.74, 6) is -0.275. The summed E-state index contributed by atoms with van der Waals surface area (Å²) >= 11 is 2.86. The van der Waals surface area contributed by atoms with Gasteiger partial charge in [-0.25, -0.2) is 4.98 Å². The maximum absolute atomic E-state index is 12.9. The van der Waals surface area contributed by atoms with Gasteiger partial charge in [-0.1, -0.05) is 42.3 Å². The van der Waals surface area contributed by atoms with Crippen LogP contribution in [0.15, 0.2) is 40.7 Å². The Balaban J connectivity index is 1.28. The zero-order chi connectivity index (χ0) is 23.1. The molecule has 2 heterocycles. The van der Waals surface area contributed by atoms with E-state index in [-0.39, 0.29) is 35.3 Å². The van der Waals surface area contributed by atoms with E-state index in [1.165, 1.54) is 28.0 Å². The second-order valence-electron chi connectivity index (χ2n) is 8.80. The Morgan fingerprint density at radius 1 is 1.09 bits per heavy atom. The number of carbonyl (C=O) groups is 3. The highest BCUT2D eigenvalue weighted by atomic mass is 32.2.